The molecule has 0 unspecified atom stereocenters. The number of hydrogen-bond donors (Lipinski definition) is 2. The third kappa shape index (κ3) is 4.08. The van der Waals surface area contributed by atoms with E-state index >= 15 is 0 Å². The smallest absolute Gasteiger partial charge is 0.331 e. The molecule has 0 atom stereocenters. The molecule has 106 valence electrons. The molecule has 0 spiro atoms. The van der Waals surface area contributed by atoms with Crippen LogP contribution in [0.25, 0.3) is 0 Å². The third-order valence-electron chi connectivity index (χ3n) is 3.16. The molecule has 1 saturated carbocycles. The van der Waals surface area contributed by atoms with E-state index in [9.17, 15) is 14.4 Å². The van der Waals surface area contributed by atoms with Gasteiger partial charge in [-0.3, -0.25) is 10.1 Å². The first-order chi connectivity index (χ1) is 8.88. The Balaban J connectivity index is 2.67. The van der Waals surface area contributed by atoms with E-state index in [2.05, 4.69) is 5.32 Å². The van der Waals surface area contributed by atoms with E-state index in [4.69, 9.17) is 5.11 Å². The van der Waals surface area contributed by atoms with Gasteiger partial charge < -0.3 is 10.0 Å². The SMILES string of the molecule is CCCN(C(=O)NC(=O)C(C)=C(C)C(=O)O)C1CC1. The van der Waals surface area contributed by atoms with E-state index < -0.39 is 17.9 Å². The van der Waals surface area contributed by atoms with Crippen LogP contribution in [0.2, 0.25) is 0 Å². The van der Waals surface area contributed by atoms with E-state index in [1.54, 1.807) is 4.90 Å². The van der Waals surface area contributed by atoms with Crippen molar-refractivity contribution >= 4 is 17.9 Å². The quantitative estimate of drug-likeness (QED) is 0.740. The zero-order chi connectivity index (χ0) is 14.6. The van der Waals surface area contributed by atoms with Gasteiger partial charge >= 0.3 is 12.0 Å². The first-order valence-corrected chi connectivity index (χ1v) is 6.41. The molecule has 3 amide bonds. The van der Waals surface area contributed by atoms with Gasteiger partial charge in [-0.05, 0) is 33.1 Å². The average Bonchev–Trinajstić information content (AvgIpc) is 3.17. The first kappa shape index (κ1) is 15.2. The highest BCUT2D eigenvalue weighted by molar-refractivity contribution is 6.07. The number of imide groups is 1. The van der Waals surface area contributed by atoms with Crippen molar-refractivity contribution < 1.29 is 19.5 Å². The van der Waals surface area contributed by atoms with Gasteiger partial charge in [0.15, 0.2) is 0 Å². The van der Waals surface area contributed by atoms with Crippen molar-refractivity contribution in [1.29, 1.82) is 0 Å². The minimum Gasteiger partial charge on any atom is -0.478 e. The summed E-state index contributed by atoms with van der Waals surface area (Å²) >= 11 is 0. The normalized spacial score (nSPS) is 15.5. The molecule has 1 fully saturated rings. The standard InChI is InChI=1S/C13H20N2O4/c1-4-7-15(10-5-6-10)13(19)14-11(16)8(2)9(3)12(17)18/h10H,4-7H2,1-3H3,(H,17,18)(H,14,16,19). The highest BCUT2D eigenvalue weighted by Gasteiger charge is 2.32. The molecule has 6 heteroatoms. The van der Waals surface area contributed by atoms with Gasteiger partial charge in [-0.2, -0.15) is 0 Å². The number of carbonyl (C=O) groups excluding carboxylic acids is 2. The summed E-state index contributed by atoms with van der Waals surface area (Å²) in [6.45, 7) is 5.30. The average molecular weight is 268 g/mol. The number of rotatable bonds is 5. The fraction of sp³-hybridized carbons (Fsp3) is 0.615. The maximum absolute atomic E-state index is 11.9. The number of amides is 3. The van der Waals surface area contributed by atoms with Gasteiger partial charge in [-0.1, -0.05) is 6.92 Å². The summed E-state index contributed by atoms with van der Waals surface area (Å²) in [6.07, 6.45) is 2.75. The van der Waals surface area contributed by atoms with Crippen LogP contribution in [0.4, 0.5) is 4.79 Å². The highest BCUT2D eigenvalue weighted by Crippen LogP contribution is 2.26. The first-order valence-electron chi connectivity index (χ1n) is 6.41. The minimum absolute atomic E-state index is 0.0492. The van der Waals surface area contributed by atoms with Crippen molar-refractivity contribution in [3.05, 3.63) is 11.1 Å². The van der Waals surface area contributed by atoms with Crippen LogP contribution in [-0.2, 0) is 9.59 Å². The maximum Gasteiger partial charge on any atom is 0.331 e. The summed E-state index contributed by atoms with van der Waals surface area (Å²) in [5.41, 5.74) is -0.00754. The number of aliphatic carboxylic acids is 1. The van der Waals surface area contributed by atoms with Gasteiger partial charge in [0.1, 0.15) is 0 Å². The van der Waals surface area contributed by atoms with Crippen molar-refractivity contribution in [2.75, 3.05) is 6.54 Å². The van der Waals surface area contributed by atoms with Crippen molar-refractivity contribution in [1.82, 2.24) is 10.2 Å². The molecule has 0 aliphatic heterocycles. The van der Waals surface area contributed by atoms with Crippen molar-refractivity contribution in [2.45, 2.75) is 46.1 Å². The minimum atomic E-state index is -1.16. The summed E-state index contributed by atoms with van der Waals surface area (Å²) in [7, 11) is 0. The summed E-state index contributed by atoms with van der Waals surface area (Å²) in [5.74, 6) is -1.81. The molecular weight excluding hydrogens is 248 g/mol. The second kappa shape index (κ2) is 6.36. The van der Waals surface area contributed by atoms with Crippen LogP contribution in [-0.4, -0.2) is 40.5 Å². The summed E-state index contributed by atoms with van der Waals surface area (Å²) in [6, 6.07) is -0.218. The van der Waals surface area contributed by atoms with E-state index in [0.717, 1.165) is 19.3 Å². The third-order valence-corrected chi connectivity index (χ3v) is 3.16. The predicted molar refractivity (Wildman–Crippen MR) is 69.6 cm³/mol. The topological polar surface area (TPSA) is 86.7 Å². The van der Waals surface area contributed by atoms with Gasteiger partial charge in [0.25, 0.3) is 5.91 Å². The lowest BCUT2D eigenvalue weighted by Crippen LogP contribution is -2.44. The Morgan fingerprint density at radius 2 is 1.79 bits per heavy atom. The van der Waals surface area contributed by atoms with Crippen LogP contribution in [0.3, 0.4) is 0 Å². The van der Waals surface area contributed by atoms with Crippen LogP contribution in [0.5, 0.6) is 0 Å². The van der Waals surface area contributed by atoms with Gasteiger partial charge in [0.2, 0.25) is 0 Å². The number of nitrogens with one attached hydrogen (secondary N) is 1. The van der Waals surface area contributed by atoms with Crippen molar-refractivity contribution in [2.24, 2.45) is 0 Å². The molecule has 0 heterocycles. The molecule has 19 heavy (non-hydrogen) atoms. The molecular formula is C13H20N2O4. The van der Waals surface area contributed by atoms with Gasteiger partial charge in [0.05, 0.1) is 0 Å². The van der Waals surface area contributed by atoms with E-state index in [1.165, 1.54) is 13.8 Å². The Hall–Kier alpha value is -1.85. The summed E-state index contributed by atoms with van der Waals surface area (Å²) < 4.78 is 0. The molecule has 1 rings (SSSR count). The second-order valence-electron chi connectivity index (χ2n) is 4.74. The summed E-state index contributed by atoms with van der Waals surface area (Å²) in [4.78, 5) is 36.1. The Kier molecular flexibility index (Phi) is 5.09. The predicted octanol–water partition coefficient (Wildman–Crippen LogP) is 1.52. The molecule has 0 bridgehead atoms. The van der Waals surface area contributed by atoms with Crippen LogP contribution in [0.15, 0.2) is 11.1 Å². The molecule has 1 aliphatic carbocycles. The molecule has 0 saturated heterocycles. The van der Waals surface area contributed by atoms with E-state index in [0.29, 0.717) is 6.54 Å². The Morgan fingerprint density at radius 1 is 1.21 bits per heavy atom. The Labute approximate surface area is 112 Å². The van der Waals surface area contributed by atoms with Gasteiger partial charge in [-0.25, -0.2) is 9.59 Å². The van der Waals surface area contributed by atoms with Crippen molar-refractivity contribution in [3.8, 4) is 0 Å². The molecule has 1 aliphatic rings. The Morgan fingerprint density at radius 3 is 2.21 bits per heavy atom. The van der Waals surface area contributed by atoms with Crippen LogP contribution >= 0.6 is 0 Å². The molecule has 0 aromatic carbocycles. The maximum atomic E-state index is 11.9. The van der Waals surface area contributed by atoms with E-state index in [-0.39, 0.29) is 17.2 Å². The fourth-order valence-corrected chi connectivity index (χ4v) is 1.67. The highest BCUT2D eigenvalue weighted by atomic mass is 16.4. The second-order valence-corrected chi connectivity index (χ2v) is 4.74. The lowest BCUT2D eigenvalue weighted by atomic mass is 10.1. The molecule has 0 aromatic rings. The monoisotopic (exact) mass is 268 g/mol. The van der Waals surface area contributed by atoms with Crippen LogP contribution < -0.4 is 5.32 Å². The number of urea groups is 1. The van der Waals surface area contributed by atoms with Crippen LogP contribution in [0, 0.1) is 0 Å². The van der Waals surface area contributed by atoms with Gasteiger partial charge in [-0.15, -0.1) is 0 Å². The largest absolute Gasteiger partial charge is 0.478 e. The van der Waals surface area contributed by atoms with Gasteiger partial charge in [0, 0.05) is 23.7 Å². The Bertz CT molecular complexity index is 424. The zero-order valence-corrected chi connectivity index (χ0v) is 11.5. The number of nitrogens with zero attached hydrogens (tertiary/aromatic N) is 1. The molecule has 2 N–H and O–H groups in total. The molecule has 0 aromatic heterocycles. The number of hydrogen-bond acceptors (Lipinski definition) is 3. The van der Waals surface area contributed by atoms with E-state index in [1.807, 2.05) is 6.92 Å². The number of carbonyl (C=O) groups is 3. The molecule has 6 nitrogen and oxygen atoms in total. The molecule has 0 radical (unpaired) electrons. The van der Waals surface area contributed by atoms with Crippen LogP contribution in [0.1, 0.15) is 40.0 Å². The van der Waals surface area contributed by atoms with Crippen molar-refractivity contribution in [3.63, 3.8) is 0 Å². The number of carboxylic acids is 1. The number of carboxylic acid groups (broad SMARTS) is 1. The zero-order valence-electron chi connectivity index (χ0n) is 11.5. The lowest BCUT2D eigenvalue weighted by Gasteiger charge is -2.21. The fourth-order valence-electron chi connectivity index (χ4n) is 1.67. The lowest BCUT2D eigenvalue weighted by molar-refractivity contribution is -0.133. The summed E-state index contributed by atoms with van der Waals surface area (Å²) in [5, 5.41) is 11.0.